The van der Waals surface area contributed by atoms with Crippen molar-refractivity contribution in [3.05, 3.63) is 34.4 Å². The minimum atomic E-state index is -0.177. The number of hydrogen-bond donors (Lipinski definition) is 1. The van der Waals surface area contributed by atoms with Crippen molar-refractivity contribution in [1.82, 2.24) is 0 Å². The van der Waals surface area contributed by atoms with Gasteiger partial charge in [-0.2, -0.15) is 0 Å². The van der Waals surface area contributed by atoms with Crippen molar-refractivity contribution in [2.75, 3.05) is 0 Å². The van der Waals surface area contributed by atoms with Crippen LogP contribution in [0.15, 0.2) is 12.1 Å². The lowest BCUT2D eigenvalue weighted by molar-refractivity contribution is -0.118. The molecule has 92 valence electrons. The summed E-state index contributed by atoms with van der Waals surface area (Å²) in [6.07, 6.45) is 4.98. The third kappa shape index (κ3) is 2.68. The first-order chi connectivity index (χ1) is 8.08. The molecule has 0 saturated carbocycles. The van der Waals surface area contributed by atoms with Gasteiger partial charge >= 0.3 is 0 Å². The van der Waals surface area contributed by atoms with Crippen LogP contribution in [0.1, 0.15) is 53.9 Å². The van der Waals surface area contributed by atoms with Crippen molar-refractivity contribution < 1.29 is 4.79 Å². The van der Waals surface area contributed by atoms with Crippen LogP contribution in [0.5, 0.6) is 0 Å². The molecule has 2 nitrogen and oxygen atoms in total. The Labute approximate surface area is 103 Å². The molecule has 0 aromatic heterocycles. The lowest BCUT2D eigenvalue weighted by Crippen LogP contribution is -2.10. The van der Waals surface area contributed by atoms with Crippen LogP contribution in [0.3, 0.4) is 0 Å². The van der Waals surface area contributed by atoms with Crippen molar-refractivity contribution >= 4 is 5.91 Å². The number of carbonyl (C=O) groups is 1. The third-order valence-corrected chi connectivity index (χ3v) is 3.81. The Hall–Kier alpha value is -1.31. The van der Waals surface area contributed by atoms with Crippen LogP contribution in [0.25, 0.3) is 0 Å². The van der Waals surface area contributed by atoms with E-state index in [1.807, 2.05) is 0 Å². The molecule has 1 atom stereocenters. The van der Waals surface area contributed by atoms with E-state index < -0.39 is 0 Å². The SMILES string of the molecule is Cc1cc(C)c2c(c1)C(CCCC(N)=O)CC2. The first kappa shape index (κ1) is 12.2. The molecule has 0 fully saturated rings. The zero-order chi connectivity index (χ0) is 12.4. The normalized spacial score (nSPS) is 18.1. The van der Waals surface area contributed by atoms with Crippen LogP contribution in [-0.4, -0.2) is 5.91 Å². The average Bonchev–Trinajstić information content (AvgIpc) is 2.61. The average molecular weight is 231 g/mol. The van der Waals surface area contributed by atoms with Crippen molar-refractivity contribution in [3.63, 3.8) is 0 Å². The maximum absolute atomic E-state index is 10.7. The fourth-order valence-corrected chi connectivity index (χ4v) is 3.03. The molecule has 0 heterocycles. The van der Waals surface area contributed by atoms with E-state index in [0.717, 1.165) is 12.8 Å². The second kappa shape index (κ2) is 4.91. The summed E-state index contributed by atoms with van der Waals surface area (Å²) < 4.78 is 0. The molecule has 0 saturated heterocycles. The van der Waals surface area contributed by atoms with Crippen LogP contribution in [0.2, 0.25) is 0 Å². The Bertz CT molecular complexity index is 437. The molecular formula is C15H21NO. The lowest BCUT2D eigenvalue weighted by atomic mass is 9.93. The summed E-state index contributed by atoms with van der Waals surface area (Å²) in [5.74, 6) is 0.464. The lowest BCUT2D eigenvalue weighted by Gasteiger charge is -2.12. The molecule has 2 N–H and O–H groups in total. The van der Waals surface area contributed by atoms with Gasteiger partial charge in [0.25, 0.3) is 0 Å². The van der Waals surface area contributed by atoms with E-state index in [2.05, 4.69) is 26.0 Å². The van der Waals surface area contributed by atoms with Gasteiger partial charge < -0.3 is 5.73 Å². The van der Waals surface area contributed by atoms with Crippen molar-refractivity contribution in [1.29, 1.82) is 0 Å². The van der Waals surface area contributed by atoms with E-state index in [0.29, 0.717) is 12.3 Å². The molecule has 1 aliphatic carbocycles. The number of benzene rings is 1. The topological polar surface area (TPSA) is 43.1 Å². The second-order valence-electron chi connectivity index (χ2n) is 5.24. The molecule has 1 aromatic rings. The number of fused-ring (bicyclic) bond motifs is 1. The summed E-state index contributed by atoms with van der Waals surface area (Å²) in [5, 5.41) is 0. The van der Waals surface area contributed by atoms with Gasteiger partial charge in [-0.1, -0.05) is 17.7 Å². The van der Waals surface area contributed by atoms with E-state index in [4.69, 9.17) is 5.73 Å². The van der Waals surface area contributed by atoms with Gasteiger partial charge in [-0.05, 0) is 62.1 Å². The van der Waals surface area contributed by atoms with Gasteiger partial charge in [-0.15, -0.1) is 0 Å². The van der Waals surface area contributed by atoms with Gasteiger partial charge in [0.1, 0.15) is 0 Å². The molecule has 0 radical (unpaired) electrons. The number of amides is 1. The first-order valence-corrected chi connectivity index (χ1v) is 6.46. The molecule has 1 unspecified atom stereocenters. The van der Waals surface area contributed by atoms with Crippen molar-refractivity contribution in [2.24, 2.45) is 5.73 Å². The molecule has 1 aliphatic rings. The summed E-state index contributed by atoms with van der Waals surface area (Å²) in [6.45, 7) is 4.36. The molecule has 1 aromatic carbocycles. The Kier molecular flexibility index (Phi) is 3.51. The first-order valence-electron chi connectivity index (χ1n) is 6.46. The molecule has 0 aliphatic heterocycles. The highest BCUT2D eigenvalue weighted by Crippen LogP contribution is 2.38. The number of carbonyl (C=O) groups excluding carboxylic acids is 1. The standard InChI is InChI=1S/C15H21NO/c1-10-8-11(2)13-7-6-12(14(13)9-10)4-3-5-15(16)17/h8-9,12H,3-7H2,1-2H3,(H2,16,17). The minimum Gasteiger partial charge on any atom is -0.370 e. The summed E-state index contributed by atoms with van der Waals surface area (Å²) >= 11 is 0. The predicted octanol–water partition coefficient (Wildman–Crippen LogP) is 2.99. The van der Waals surface area contributed by atoms with Crippen LogP contribution in [0, 0.1) is 13.8 Å². The van der Waals surface area contributed by atoms with Gasteiger partial charge in [-0.25, -0.2) is 0 Å². The maximum Gasteiger partial charge on any atom is 0.217 e. The molecular weight excluding hydrogens is 210 g/mol. The number of aryl methyl sites for hydroxylation is 2. The summed E-state index contributed by atoms with van der Waals surface area (Å²) in [4.78, 5) is 10.7. The highest BCUT2D eigenvalue weighted by atomic mass is 16.1. The number of nitrogens with two attached hydrogens (primary N) is 1. The molecule has 0 bridgehead atoms. The zero-order valence-corrected chi connectivity index (χ0v) is 10.8. The van der Waals surface area contributed by atoms with Gasteiger partial charge in [0.05, 0.1) is 0 Å². The monoisotopic (exact) mass is 231 g/mol. The fourth-order valence-electron chi connectivity index (χ4n) is 3.03. The van der Waals surface area contributed by atoms with Crippen LogP contribution in [0.4, 0.5) is 0 Å². The van der Waals surface area contributed by atoms with E-state index in [1.54, 1.807) is 5.56 Å². The zero-order valence-electron chi connectivity index (χ0n) is 10.8. The predicted molar refractivity (Wildman–Crippen MR) is 70.0 cm³/mol. The molecule has 2 rings (SSSR count). The Morgan fingerprint density at radius 1 is 1.41 bits per heavy atom. The van der Waals surface area contributed by atoms with Crippen LogP contribution < -0.4 is 5.73 Å². The summed E-state index contributed by atoms with van der Waals surface area (Å²) in [6, 6.07) is 4.59. The number of primary amides is 1. The Balaban J connectivity index is 2.08. The van der Waals surface area contributed by atoms with Gasteiger partial charge in [-0.3, -0.25) is 4.79 Å². The molecule has 0 spiro atoms. The van der Waals surface area contributed by atoms with Crippen molar-refractivity contribution in [3.8, 4) is 0 Å². The molecule has 17 heavy (non-hydrogen) atoms. The fraction of sp³-hybridized carbons (Fsp3) is 0.533. The van der Waals surface area contributed by atoms with Crippen molar-refractivity contribution in [2.45, 2.75) is 51.9 Å². The second-order valence-corrected chi connectivity index (χ2v) is 5.24. The van der Waals surface area contributed by atoms with Crippen LogP contribution >= 0.6 is 0 Å². The van der Waals surface area contributed by atoms with Gasteiger partial charge in [0.15, 0.2) is 0 Å². The Morgan fingerprint density at radius 2 is 2.18 bits per heavy atom. The quantitative estimate of drug-likeness (QED) is 0.850. The van der Waals surface area contributed by atoms with Gasteiger partial charge in [0.2, 0.25) is 5.91 Å². The van der Waals surface area contributed by atoms with E-state index in [9.17, 15) is 4.79 Å². The summed E-state index contributed by atoms with van der Waals surface area (Å²) in [5.41, 5.74) is 11.0. The minimum absolute atomic E-state index is 0.177. The maximum atomic E-state index is 10.7. The molecule has 1 amide bonds. The number of rotatable bonds is 4. The smallest absolute Gasteiger partial charge is 0.217 e. The van der Waals surface area contributed by atoms with E-state index in [1.165, 1.54) is 29.5 Å². The molecule has 2 heteroatoms. The van der Waals surface area contributed by atoms with Gasteiger partial charge in [0, 0.05) is 6.42 Å². The summed E-state index contributed by atoms with van der Waals surface area (Å²) in [7, 11) is 0. The third-order valence-electron chi connectivity index (χ3n) is 3.81. The highest BCUT2D eigenvalue weighted by molar-refractivity contribution is 5.73. The highest BCUT2D eigenvalue weighted by Gasteiger charge is 2.23. The van der Waals surface area contributed by atoms with Crippen LogP contribution in [-0.2, 0) is 11.2 Å². The number of hydrogen-bond acceptors (Lipinski definition) is 1. The largest absolute Gasteiger partial charge is 0.370 e. The van der Waals surface area contributed by atoms with E-state index in [-0.39, 0.29) is 5.91 Å². The Morgan fingerprint density at radius 3 is 2.88 bits per heavy atom. The van der Waals surface area contributed by atoms with E-state index >= 15 is 0 Å².